The first-order chi connectivity index (χ1) is 9.52. The van der Waals surface area contributed by atoms with Crippen molar-refractivity contribution in [1.29, 1.82) is 5.26 Å². The molecule has 0 saturated heterocycles. The van der Waals surface area contributed by atoms with Crippen molar-refractivity contribution >= 4 is 15.9 Å². The lowest BCUT2D eigenvalue weighted by atomic mass is 10.1. The second kappa shape index (κ2) is 6.21. The lowest BCUT2D eigenvalue weighted by molar-refractivity contribution is 0.547. The molecule has 0 spiro atoms. The number of nitrogens with one attached hydrogen (secondary N) is 1. The molecule has 2 rings (SSSR count). The maximum atomic E-state index is 8.80. The fraction of sp³-hybridized carbons (Fsp3) is 0.333. The molecule has 1 unspecified atom stereocenters. The highest BCUT2D eigenvalue weighted by Crippen LogP contribution is 2.21. The fourth-order valence-corrected chi connectivity index (χ4v) is 2.56. The average Bonchev–Trinajstić information content (AvgIpc) is 2.70. The van der Waals surface area contributed by atoms with Crippen LogP contribution in [0, 0.1) is 18.3 Å². The van der Waals surface area contributed by atoms with Crippen LogP contribution in [0.25, 0.3) is 0 Å². The van der Waals surface area contributed by atoms with Crippen LogP contribution in [0.15, 0.2) is 28.7 Å². The Labute approximate surface area is 127 Å². The van der Waals surface area contributed by atoms with Gasteiger partial charge in [-0.3, -0.25) is 4.68 Å². The van der Waals surface area contributed by atoms with E-state index in [1.165, 1.54) is 5.56 Å². The Hall–Kier alpha value is -1.64. The third-order valence-corrected chi connectivity index (χ3v) is 4.41. The number of benzene rings is 1. The van der Waals surface area contributed by atoms with Crippen molar-refractivity contribution in [2.75, 3.05) is 0 Å². The quantitative estimate of drug-likeness (QED) is 0.935. The smallest absolute Gasteiger partial charge is 0.0991 e. The molecule has 2 aromatic rings. The van der Waals surface area contributed by atoms with Gasteiger partial charge < -0.3 is 5.32 Å². The highest BCUT2D eigenvalue weighted by atomic mass is 79.9. The summed E-state index contributed by atoms with van der Waals surface area (Å²) in [5.41, 5.74) is 3.98. The van der Waals surface area contributed by atoms with Crippen molar-refractivity contribution in [1.82, 2.24) is 15.1 Å². The van der Waals surface area contributed by atoms with Crippen LogP contribution in [-0.2, 0) is 13.6 Å². The van der Waals surface area contributed by atoms with Gasteiger partial charge in [0.25, 0.3) is 0 Å². The van der Waals surface area contributed by atoms with Gasteiger partial charge in [0, 0.05) is 19.6 Å². The molecule has 0 fully saturated rings. The summed E-state index contributed by atoms with van der Waals surface area (Å²) in [6.07, 6.45) is 0. The van der Waals surface area contributed by atoms with Gasteiger partial charge in [0.15, 0.2) is 0 Å². The molecule has 20 heavy (non-hydrogen) atoms. The van der Waals surface area contributed by atoms with Crippen LogP contribution in [-0.4, -0.2) is 9.78 Å². The molecule has 5 heteroatoms. The maximum Gasteiger partial charge on any atom is 0.0991 e. The Balaban J connectivity index is 2.04. The summed E-state index contributed by atoms with van der Waals surface area (Å²) in [6, 6.07) is 10.0. The highest BCUT2D eigenvalue weighted by molar-refractivity contribution is 9.10. The number of aromatic nitrogens is 2. The van der Waals surface area contributed by atoms with E-state index < -0.39 is 0 Å². The average molecular weight is 333 g/mol. The van der Waals surface area contributed by atoms with Crippen LogP contribution >= 0.6 is 15.9 Å². The fourth-order valence-electron chi connectivity index (χ4n) is 2.09. The van der Waals surface area contributed by atoms with Gasteiger partial charge in [0.2, 0.25) is 0 Å². The molecule has 0 aliphatic rings. The molecule has 1 N–H and O–H groups in total. The van der Waals surface area contributed by atoms with Gasteiger partial charge in [-0.1, -0.05) is 12.1 Å². The molecule has 0 amide bonds. The maximum absolute atomic E-state index is 8.80. The summed E-state index contributed by atoms with van der Waals surface area (Å²) in [7, 11) is 1.95. The Morgan fingerprint density at radius 3 is 2.55 bits per heavy atom. The van der Waals surface area contributed by atoms with Crippen LogP contribution in [0.5, 0.6) is 0 Å². The van der Waals surface area contributed by atoms with E-state index in [0.717, 1.165) is 22.4 Å². The van der Waals surface area contributed by atoms with Crippen LogP contribution < -0.4 is 5.32 Å². The Bertz CT molecular complexity index is 637. The molecular formula is C15H17BrN4. The highest BCUT2D eigenvalue weighted by Gasteiger charge is 2.12. The number of halogens is 1. The third-order valence-electron chi connectivity index (χ3n) is 3.38. The zero-order valence-corrected chi connectivity index (χ0v) is 13.4. The van der Waals surface area contributed by atoms with E-state index in [1.807, 2.05) is 42.9 Å². The lowest BCUT2D eigenvalue weighted by Crippen LogP contribution is -2.20. The summed E-state index contributed by atoms with van der Waals surface area (Å²) < 4.78 is 2.94. The van der Waals surface area contributed by atoms with Crippen molar-refractivity contribution in [3.8, 4) is 6.07 Å². The second-order valence-electron chi connectivity index (χ2n) is 4.81. The minimum atomic E-state index is 0.213. The van der Waals surface area contributed by atoms with Crippen LogP contribution in [0.2, 0.25) is 0 Å². The van der Waals surface area contributed by atoms with Crippen molar-refractivity contribution in [2.45, 2.75) is 26.4 Å². The summed E-state index contributed by atoms with van der Waals surface area (Å²) in [6.45, 7) is 4.83. The zero-order valence-electron chi connectivity index (χ0n) is 11.8. The molecule has 4 nitrogen and oxygen atoms in total. The van der Waals surface area contributed by atoms with Crippen LogP contribution in [0.1, 0.15) is 35.5 Å². The van der Waals surface area contributed by atoms with E-state index in [1.54, 1.807) is 0 Å². The Kier molecular flexibility index (Phi) is 4.58. The lowest BCUT2D eigenvalue weighted by Gasteiger charge is -2.14. The standard InChI is InChI=1S/C15H17BrN4/c1-10(13-6-4-12(8-17)5-7-13)18-9-14-15(16)11(2)19-20(14)3/h4-7,10,18H,9H2,1-3H3. The molecule has 104 valence electrons. The number of nitriles is 1. The van der Waals surface area contributed by atoms with Crippen molar-refractivity contribution in [2.24, 2.45) is 7.05 Å². The van der Waals surface area contributed by atoms with Crippen LogP contribution in [0.3, 0.4) is 0 Å². The van der Waals surface area contributed by atoms with Crippen molar-refractivity contribution < 1.29 is 0 Å². The van der Waals surface area contributed by atoms with Gasteiger partial charge in [-0.25, -0.2) is 0 Å². The topological polar surface area (TPSA) is 53.6 Å². The largest absolute Gasteiger partial charge is 0.305 e. The number of nitrogens with zero attached hydrogens (tertiary/aromatic N) is 3. The first kappa shape index (κ1) is 14.8. The van der Waals surface area contributed by atoms with Crippen molar-refractivity contribution in [3.63, 3.8) is 0 Å². The predicted octanol–water partition coefficient (Wildman–Crippen LogP) is 3.21. The second-order valence-corrected chi connectivity index (χ2v) is 5.60. The Morgan fingerprint density at radius 2 is 2.05 bits per heavy atom. The summed E-state index contributed by atoms with van der Waals surface area (Å²) in [5, 5.41) is 16.7. The van der Waals surface area contributed by atoms with Gasteiger partial charge in [0.1, 0.15) is 0 Å². The van der Waals surface area contributed by atoms with Gasteiger partial charge in [-0.15, -0.1) is 0 Å². The monoisotopic (exact) mass is 332 g/mol. The SMILES string of the molecule is Cc1nn(C)c(CNC(C)c2ccc(C#N)cc2)c1Br. The van der Waals surface area contributed by atoms with Crippen LogP contribution in [0.4, 0.5) is 0 Å². The summed E-state index contributed by atoms with van der Waals surface area (Å²) in [4.78, 5) is 0. The van der Waals surface area contributed by atoms with Gasteiger partial charge in [0.05, 0.1) is 27.5 Å². The first-order valence-corrected chi connectivity index (χ1v) is 7.23. The van der Waals surface area contributed by atoms with E-state index in [2.05, 4.69) is 39.3 Å². The molecule has 0 aliphatic carbocycles. The normalized spacial score (nSPS) is 12.2. The molecule has 0 bridgehead atoms. The number of hydrogen-bond acceptors (Lipinski definition) is 3. The van der Waals surface area contributed by atoms with E-state index >= 15 is 0 Å². The minimum absolute atomic E-state index is 0.213. The molecule has 1 atom stereocenters. The van der Waals surface area contributed by atoms with E-state index in [9.17, 15) is 0 Å². The molecule has 0 aliphatic heterocycles. The van der Waals surface area contributed by atoms with Gasteiger partial charge >= 0.3 is 0 Å². The Morgan fingerprint density at radius 1 is 1.40 bits per heavy atom. The summed E-state index contributed by atoms with van der Waals surface area (Å²) in [5.74, 6) is 0. The first-order valence-electron chi connectivity index (χ1n) is 6.44. The summed E-state index contributed by atoms with van der Waals surface area (Å²) >= 11 is 3.57. The van der Waals surface area contributed by atoms with Crippen molar-refractivity contribution in [3.05, 3.63) is 51.3 Å². The number of aryl methyl sites for hydroxylation is 2. The minimum Gasteiger partial charge on any atom is -0.305 e. The third kappa shape index (κ3) is 3.09. The molecule has 1 heterocycles. The van der Waals surface area contributed by atoms with E-state index in [-0.39, 0.29) is 6.04 Å². The zero-order chi connectivity index (χ0) is 14.7. The molecular weight excluding hydrogens is 316 g/mol. The van der Waals surface area contributed by atoms with E-state index in [0.29, 0.717) is 5.56 Å². The predicted molar refractivity (Wildman–Crippen MR) is 82.1 cm³/mol. The number of rotatable bonds is 4. The van der Waals surface area contributed by atoms with E-state index in [4.69, 9.17) is 5.26 Å². The molecule has 1 aromatic heterocycles. The van der Waals surface area contributed by atoms with Gasteiger partial charge in [-0.05, 0) is 47.5 Å². The molecule has 1 aromatic carbocycles. The molecule has 0 saturated carbocycles. The van der Waals surface area contributed by atoms with Gasteiger partial charge in [-0.2, -0.15) is 10.4 Å². The molecule has 0 radical (unpaired) electrons. The number of hydrogen-bond donors (Lipinski definition) is 1.